The van der Waals surface area contributed by atoms with E-state index in [1.54, 1.807) is 6.07 Å². The summed E-state index contributed by atoms with van der Waals surface area (Å²) >= 11 is 3.31. The molecular formula is C16H17BrN2O2. The van der Waals surface area contributed by atoms with Crippen LogP contribution in [0.3, 0.4) is 0 Å². The van der Waals surface area contributed by atoms with Gasteiger partial charge in [-0.05, 0) is 46.8 Å². The zero-order chi connectivity index (χ0) is 15.4. The molecular weight excluding hydrogens is 332 g/mol. The summed E-state index contributed by atoms with van der Waals surface area (Å²) in [5.41, 5.74) is 9.52. The monoisotopic (exact) mass is 348 g/mol. The van der Waals surface area contributed by atoms with Gasteiger partial charge in [0.25, 0.3) is 5.69 Å². The van der Waals surface area contributed by atoms with Crippen molar-refractivity contribution in [1.29, 1.82) is 0 Å². The second kappa shape index (κ2) is 6.83. The Labute approximate surface area is 132 Å². The zero-order valence-corrected chi connectivity index (χ0v) is 13.3. The Bertz CT molecular complexity index is 641. The first-order valence-electron chi connectivity index (χ1n) is 6.70. The van der Waals surface area contributed by atoms with Gasteiger partial charge in [-0.15, -0.1) is 0 Å². The lowest BCUT2D eigenvalue weighted by atomic mass is 9.99. The molecule has 0 aromatic heterocycles. The standard InChI is InChI=1S/C16H17BrN2O2/c1-11-5-7-12(8-6-11)9-14(18)10-13-3-2-4-15(16(13)17)19(20)21/h2-8,14H,9-10,18H2,1H3. The van der Waals surface area contributed by atoms with E-state index in [-0.39, 0.29) is 16.7 Å². The fraction of sp³-hybridized carbons (Fsp3) is 0.250. The van der Waals surface area contributed by atoms with E-state index in [1.807, 2.05) is 13.0 Å². The van der Waals surface area contributed by atoms with E-state index >= 15 is 0 Å². The molecule has 0 heterocycles. The molecule has 21 heavy (non-hydrogen) atoms. The molecule has 0 amide bonds. The van der Waals surface area contributed by atoms with E-state index in [0.717, 1.165) is 12.0 Å². The molecule has 2 rings (SSSR count). The summed E-state index contributed by atoms with van der Waals surface area (Å²) in [4.78, 5) is 10.5. The lowest BCUT2D eigenvalue weighted by Crippen LogP contribution is -2.25. The molecule has 0 spiro atoms. The highest BCUT2D eigenvalue weighted by molar-refractivity contribution is 9.10. The Morgan fingerprint density at radius 3 is 2.48 bits per heavy atom. The van der Waals surface area contributed by atoms with E-state index < -0.39 is 0 Å². The summed E-state index contributed by atoms with van der Waals surface area (Å²) in [5, 5.41) is 10.9. The third-order valence-corrected chi connectivity index (χ3v) is 4.27. The number of nitrogens with two attached hydrogens (primary N) is 1. The predicted molar refractivity (Wildman–Crippen MR) is 87.4 cm³/mol. The van der Waals surface area contributed by atoms with Crippen LogP contribution < -0.4 is 5.73 Å². The first kappa shape index (κ1) is 15.7. The molecule has 2 aromatic carbocycles. The van der Waals surface area contributed by atoms with Crippen molar-refractivity contribution >= 4 is 21.6 Å². The van der Waals surface area contributed by atoms with E-state index in [0.29, 0.717) is 10.9 Å². The average Bonchev–Trinajstić information content (AvgIpc) is 2.43. The summed E-state index contributed by atoms with van der Waals surface area (Å²) in [5.74, 6) is 0. The van der Waals surface area contributed by atoms with Gasteiger partial charge in [0.1, 0.15) is 0 Å². The third kappa shape index (κ3) is 4.12. The molecule has 0 radical (unpaired) electrons. The van der Waals surface area contributed by atoms with Crippen LogP contribution in [0, 0.1) is 17.0 Å². The maximum Gasteiger partial charge on any atom is 0.283 e. The van der Waals surface area contributed by atoms with Gasteiger partial charge in [-0.1, -0.05) is 42.0 Å². The second-order valence-electron chi connectivity index (χ2n) is 5.16. The maximum absolute atomic E-state index is 10.9. The molecule has 1 unspecified atom stereocenters. The van der Waals surface area contributed by atoms with Gasteiger partial charge < -0.3 is 5.73 Å². The minimum absolute atomic E-state index is 0.0778. The van der Waals surface area contributed by atoms with Gasteiger partial charge in [-0.2, -0.15) is 0 Å². The van der Waals surface area contributed by atoms with Crippen LogP contribution in [-0.4, -0.2) is 11.0 Å². The fourth-order valence-electron chi connectivity index (χ4n) is 2.25. The van der Waals surface area contributed by atoms with Crippen LogP contribution >= 0.6 is 15.9 Å². The summed E-state index contributed by atoms with van der Waals surface area (Å²) in [6.45, 7) is 2.05. The molecule has 110 valence electrons. The van der Waals surface area contributed by atoms with Crippen molar-refractivity contribution in [3.8, 4) is 0 Å². The molecule has 0 aliphatic rings. The first-order valence-corrected chi connectivity index (χ1v) is 7.49. The molecule has 2 aromatic rings. The van der Waals surface area contributed by atoms with Gasteiger partial charge in [0.05, 0.1) is 9.40 Å². The zero-order valence-electron chi connectivity index (χ0n) is 11.8. The Balaban J connectivity index is 2.09. The van der Waals surface area contributed by atoms with Crippen molar-refractivity contribution in [2.24, 2.45) is 5.73 Å². The molecule has 4 nitrogen and oxygen atoms in total. The molecule has 0 saturated heterocycles. The largest absolute Gasteiger partial charge is 0.327 e. The highest BCUT2D eigenvalue weighted by Gasteiger charge is 2.16. The van der Waals surface area contributed by atoms with Crippen molar-refractivity contribution in [1.82, 2.24) is 0 Å². The number of aryl methyl sites for hydroxylation is 1. The number of hydrogen-bond donors (Lipinski definition) is 1. The van der Waals surface area contributed by atoms with Gasteiger partial charge in [-0.3, -0.25) is 10.1 Å². The van der Waals surface area contributed by atoms with Gasteiger partial charge in [0.15, 0.2) is 0 Å². The molecule has 0 saturated carbocycles. The fourth-order valence-corrected chi connectivity index (χ4v) is 2.82. The van der Waals surface area contributed by atoms with Crippen LogP contribution in [0.2, 0.25) is 0 Å². The van der Waals surface area contributed by atoms with Gasteiger partial charge in [0.2, 0.25) is 0 Å². The molecule has 0 fully saturated rings. The normalized spacial score (nSPS) is 12.1. The van der Waals surface area contributed by atoms with Crippen LogP contribution in [0.25, 0.3) is 0 Å². The van der Waals surface area contributed by atoms with Crippen molar-refractivity contribution in [3.63, 3.8) is 0 Å². The minimum Gasteiger partial charge on any atom is -0.327 e. The van der Waals surface area contributed by atoms with Crippen molar-refractivity contribution in [2.45, 2.75) is 25.8 Å². The minimum atomic E-state index is -0.390. The summed E-state index contributed by atoms with van der Waals surface area (Å²) < 4.78 is 0.523. The first-order chi connectivity index (χ1) is 9.97. The highest BCUT2D eigenvalue weighted by Crippen LogP contribution is 2.29. The third-order valence-electron chi connectivity index (χ3n) is 3.36. The summed E-state index contributed by atoms with van der Waals surface area (Å²) in [7, 11) is 0. The van der Waals surface area contributed by atoms with E-state index in [4.69, 9.17) is 5.73 Å². The number of hydrogen-bond acceptors (Lipinski definition) is 3. The van der Waals surface area contributed by atoms with Crippen molar-refractivity contribution in [2.75, 3.05) is 0 Å². The van der Waals surface area contributed by atoms with Crippen molar-refractivity contribution in [3.05, 3.63) is 73.7 Å². The number of rotatable bonds is 5. The number of halogens is 1. The lowest BCUT2D eigenvalue weighted by molar-refractivity contribution is -0.385. The number of nitro groups is 1. The Morgan fingerprint density at radius 1 is 1.19 bits per heavy atom. The van der Waals surface area contributed by atoms with Crippen LogP contribution in [-0.2, 0) is 12.8 Å². The van der Waals surface area contributed by atoms with Gasteiger partial charge in [0, 0.05) is 12.1 Å². The lowest BCUT2D eigenvalue weighted by Gasteiger charge is -2.13. The second-order valence-corrected chi connectivity index (χ2v) is 5.95. The molecule has 0 aliphatic heterocycles. The van der Waals surface area contributed by atoms with Gasteiger partial charge in [-0.25, -0.2) is 0 Å². The van der Waals surface area contributed by atoms with Crippen LogP contribution in [0.4, 0.5) is 5.69 Å². The Kier molecular flexibility index (Phi) is 5.09. The molecule has 5 heteroatoms. The predicted octanol–water partition coefficient (Wildman–Crippen LogP) is 3.78. The summed E-state index contributed by atoms with van der Waals surface area (Å²) in [6, 6.07) is 13.2. The SMILES string of the molecule is Cc1ccc(CC(N)Cc2cccc([N+](=O)[O-])c2Br)cc1. The van der Waals surface area contributed by atoms with Crippen molar-refractivity contribution < 1.29 is 4.92 Å². The van der Waals surface area contributed by atoms with Gasteiger partial charge >= 0.3 is 0 Å². The molecule has 0 aliphatic carbocycles. The molecule has 1 atom stereocenters. The van der Waals surface area contributed by atoms with Crippen LogP contribution in [0.5, 0.6) is 0 Å². The summed E-state index contributed by atoms with van der Waals surface area (Å²) in [6.07, 6.45) is 1.34. The quantitative estimate of drug-likeness (QED) is 0.660. The smallest absolute Gasteiger partial charge is 0.283 e. The van der Waals surface area contributed by atoms with E-state index in [9.17, 15) is 10.1 Å². The molecule has 2 N–H and O–H groups in total. The van der Waals surface area contributed by atoms with Crippen LogP contribution in [0.1, 0.15) is 16.7 Å². The highest BCUT2D eigenvalue weighted by atomic mass is 79.9. The average molecular weight is 349 g/mol. The Morgan fingerprint density at radius 2 is 1.86 bits per heavy atom. The topological polar surface area (TPSA) is 69.2 Å². The number of nitro benzene ring substituents is 1. The van der Waals surface area contributed by atoms with E-state index in [1.165, 1.54) is 17.2 Å². The molecule has 0 bridgehead atoms. The number of nitrogens with zero attached hydrogens (tertiary/aromatic N) is 1. The maximum atomic E-state index is 10.9. The number of benzene rings is 2. The van der Waals surface area contributed by atoms with Crippen LogP contribution in [0.15, 0.2) is 46.9 Å². The van der Waals surface area contributed by atoms with E-state index in [2.05, 4.69) is 40.2 Å². The Hall–Kier alpha value is -1.72.